The van der Waals surface area contributed by atoms with E-state index in [-0.39, 0.29) is 6.10 Å². The zero-order valence-electron chi connectivity index (χ0n) is 16.2. The van der Waals surface area contributed by atoms with Gasteiger partial charge in [0.2, 0.25) is 0 Å². The van der Waals surface area contributed by atoms with Crippen LogP contribution < -0.4 is 0 Å². The van der Waals surface area contributed by atoms with Crippen molar-refractivity contribution in [2.75, 3.05) is 52.5 Å². The number of aliphatic hydroxyl groups excluding tert-OH is 1. The van der Waals surface area contributed by atoms with Crippen LogP contribution in [0, 0.1) is 23.2 Å². The molecule has 0 aromatic rings. The fourth-order valence-corrected chi connectivity index (χ4v) is 6.74. The fourth-order valence-electron chi connectivity index (χ4n) is 6.74. The minimum absolute atomic E-state index is 0.329. The van der Waals surface area contributed by atoms with E-state index in [1.54, 1.807) is 0 Å². The van der Waals surface area contributed by atoms with Gasteiger partial charge in [0, 0.05) is 39.3 Å². The summed E-state index contributed by atoms with van der Waals surface area (Å²) in [6.45, 7) is 9.94. The highest BCUT2D eigenvalue weighted by molar-refractivity contribution is 5.01. The van der Waals surface area contributed by atoms with Crippen molar-refractivity contribution in [3.8, 4) is 0 Å². The lowest BCUT2D eigenvalue weighted by atomic mass is 9.49. The summed E-state index contributed by atoms with van der Waals surface area (Å²) in [5.41, 5.74) is 0.607. The van der Waals surface area contributed by atoms with Gasteiger partial charge in [-0.15, -0.1) is 0 Å². The van der Waals surface area contributed by atoms with Crippen molar-refractivity contribution in [3.63, 3.8) is 0 Å². The van der Waals surface area contributed by atoms with Crippen LogP contribution in [0.25, 0.3) is 0 Å². The van der Waals surface area contributed by atoms with E-state index < -0.39 is 0 Å². The van der Waals surface area contributed by atoms with Gasteiger partial charge in [0.1, 0.15) is 0 Å². The number of β-amino-alcohol motifs (C(OH)–C–C–N with tert-alkyl or cyclic N) is 1. The third-order valence-corrected chi connectivity index (χ3v) is 7.63. The molecule has 25 heavy (non-hydrogen) atoms. The summed E-state index contributed by atoms with van der Waals surface area (Å²) >= 11 is 0. The minimum atomic E-state index is -0.329. The lowest BCUT2D eigenvalue weighted by molar-refractivity contribution is -0.0744. The molecule has 5 fully saturated rings. The standard InChI is InChI=1S/C21H38N2O2/c1-2-22-4-6-23(7-5-22)15-20(24)16-25-8-3-21-12-17-9-18(13-21)11-19(10-17)14-21/h17-20,24H,2-16H2,1H3. The molecule has 0 spiro atoms. The molecular weight excluding hydrogens is 312 g/mol. The Morgan fingerprint density at radius 3 is 2.08 bits per heavy atom. The third kappa shape index (κ3) is 4.40. The molecule has 4 saturated carbocycles. The molecule has 0 radical (unpaired) electrons. The second-order valence-corrected chi connectivity index (χ2v) is 9.63. The molecule has 1 aliphatic heterocycles. The smallest absolute Gasteiger partial charge is 0.0900 e. The number of hydrogen-bond acceptors (Lipinski definition) is 4. The van der Waals surface area contributed by atoms with E-state index in [9.17, 15) is 5.11 Å². The van der Waals surface area contributed by atoms with Crippen LogP contribution in [0.5, 0.6) is 0 Å². The Hall–Kier alpha value is -0.160. The zero-order chi connectivity index (χ0) is 17.3. The summed E-state index contributed by atoms with van der Waals surface area (Å²) in [5.74, 6) is 3.08. The van der Waals surface area contributed by atoms with E-state index in [1.165, 1.54) is 44.9 Å². The van der Waals surface area contributed by atoms with Crippen LogP contribution in [-0.4, -0.2) is 73.5 Å². The summed E-state index contributed by atoms with van der Waals surface area (Å²) in [7, 11) is 0. The first-order chi connectivity index (χ1) is 12.1. The van der Waals surface area contributed by atoms with Crippen LogP contribution in [0.15, 0.2) is 0 Å². The predicted octanol–water partition coefficient (Wildman–Crippen LogP) is 2.61. The molecular formula is C21H38N2O2. The number of rotatable bonds is 8. The molecule has 0 aromatic carbocycles. The Morgan fingerprint density at radius 2 is 1.52 bits per heavy atom. The summed E-state index contributed by atoms with van der Waals surface area (Å²) < 4.78 is 5.93. The van der Waals surface area contributed by atoms with Gasteiger partial charge in [-0.3, -0.25) is 4.90 Å². The molecule has 4 heteroatoms. The first-order valence-electron chi connectivity index (χ1n) is 10.8. The molecule has 144 valence electrons. The molecule has 1 N–H and O–H groups in total. The van der Waals surface area contributed by atoms with Gasteiger partial charge in [0.25, 0.3) is 0 Å². The van der Waals surface area contributed by atoms with E-state index in [2.05, 4.69) is 16.7 Å². The van der Waals surface area contributed by atoms with Crippen molar-refractivity contribution < 1.29 is 9.84 Å². The molecule has 1 heterocycles. The van der Waals surface area contributed by atoms with Gasteiger partial charge in [-0.05, 0) is 74.7 Å². The highest BCUT2D eigenvalue weighted by atomic mass is 16.5. The van der Waals surface area contributed by atoms with E-state index in [1.807, 2.05) is 0 Å². The lowest BCUT2D eigenvalue weighted by Gasteiger charge is -2.57. The van der Waals surface area contributed by atoms with E-state index >= 15 is 0 Å². The van der Waals surface area contributed by atoms with Crippen LogP contribution in [0.2, 0.25) is 0 Å². The molecule has 4 aliphatic carbocycles. The van der Waals surface area contributed by atoms with Crippen LogP contribution in [0.4, 0.5) is 0 Å². The first-order valence-corrected chi connectivity index (χ1v) is 10.8. The fraction of sp³-hybridized carbons (Fsp3) is 1.00. The molecule has 4 bridgehead atoms. The van der Waals surface area contributed by atoms with E-state index in [0.29, 0.717) is 12.0 Å². The topological polar surface area (TPSA) is 35.9 Å². The maximum Gasteiger partial charge on any atom is 0.0900 e. The number of hydrogen-bond donors (Lipinski definition) is 1. The summed E-state index contributed by atoms with van der Waals surface area (Å²) in [5, 5.41) is 10.3. The van der Waals surface area contributed by atoms with Gasteiger partial charge in [0.15, 0.2) is 0 Å². The van der Waals surface area contributed by atoms with Crippen molar-refractivity contribution in [3.05, 3.63) is 0 Å². The number of nitrogens with zero attached hydrogens (tertiary/aromatic N) is 2. The maximum atomic E-state index is 10.3. The average Bonchev–Trinajstić information content (AvgIpc) is 2.58. The Bertz CT molecular complexity index is 398. The third-order valence-electron chi connectivity index (χ3n) is 7.63. The zero-order valence-corrected chi connectivity index (χ0v) is 16.2. The Kier molecular flexibility index (Phi) is 5.71. The number of aliphatic hydroxyl groups is 1. The number of likely N-dealkylation sites (N-methyl/N-ethyl adjacent to an activating group) is 1. The van der Waals surface area contributed by atoms with Crippen LogP contribution >= 0.6 is 0 Å². The average molecular weight is 351 g/mol. The normalized spacial score (nSPS) is 39.8. The van der Waals surface area contributed by atoms with Crippen molar-refractivity contribution in [2.24, 2.45) is 23.2 Å². The van der Waals surface area contributed by atoms with Crippen molar-refractivity contribution in [2.45, 2.75) is 58.0 Å². The summed E-state index contributed by atoms with van der Waals surface area (Å²) in [4.78, 5) is 4.87. The van der Waals surface area contributed by atoms with Gasteiger partial charge in [-0.2, -0.15) is 0 Å². The SMILES string of the molecule is CCN1CCN(CC(O)COCCC23CC4CC(CC(C4)C2)C3)CC1. The quantitative estimate of drug-likeness (QED) is 0.683. The minimum Gasteiger partial charge on any atom is -0.389 e. The molecule has 5 aliphatic rings. The molecule has 1 atom stereocenters. The first kappa shape index (κ1) is 18.2. The monoisotopic (exact) mass is 350 g/mol. The number of ether oxygens (including phenoxy) is 1. The van der Waals surface area contributed by atoms with E-state index in [0.717, 1.165) is 63.6 Å². The van der Waals surface area contributed by atoms with Crippen LogP contribution in [0.1, 0.15) is 51.9 Å². The van der Waals surface area contributed by atoms with Gasteiger partial charge in [0.05, 0.1) is 12.7 Å². The lowest BCUT2D eigenvalue weighted by Crippen LogP contribution is -2.49. The Balaban J connectivity index is 1.13. The summed E-state index contributed by atoms with van der Waals surface area (Å²) in [6.07, 6.45) is 9.85. The Morgan fingerprint density at radius 1 is 0.960 bits per heavy atom. The van der Waals surface area contributed by atoms with Crippen LogP contribution in [0.3, 0.4) is 0 Å². The second kappa shape index (κ2) is 7.84. The van der Waals surface area contributed by atoms with Gasteiger partial charge < -0.3 is 14.7 Å². The molecule has 0 aromatic heterocycles. The molecule has 0 amide bonds. The van der Waals surface area contributed by atoms with E-state index in [4.69, 9.17) is 4.74 Å². The molecule has 1 saturated heterocycles. The van der Waals surface area contributed by atoms with Gasteiger partial charge in [-0.1, -0.05) is 6.92 Å². The second-order valence-electron chi connectivity index (χ2n) is 9.63. The van der Waals surface area contributed by atoms with Crippen molar-refractivity contribution in [1.82, 2.24) is 9.80 Å². The Labute approximate surface area is 153 Å². The molecule has 5 rings (SSSR count). The maximum absolute atomic E-state index is 10.3. The largest absolute Gasteiger partial charge is 0.389 e. The highest BCUT2D eigenvalue weighted by Crippen LogP contribution is 2.61. The molecule has 4 nitrogen and oxygen atoms in total. The van der Waals surface area contributed by atoms with Gasteiger partial charge >= 0.3 is 0 Å². The highest BCUT2D eigenvalue weighted by Gasteiger charge is 2.50. The van der Waals surface area contributed by atoms with Crippen LogP contribution in [-0.2, 0) is 4.74 Å². The van der Waals surface area contributed by atoms with Crippen molar-refractivity contribution >= 4 is 0 Å². The van der Waals surface area contributed by atoms with Crippen molar-refractivity contribution in [1.29, 1.82) is 0 Å². The van der Waals surface area contributed by atoms with Gasteiger partial charge in [-0.25, -0.2) is 0 Å². The molecule has 1 unspecified atom stereocenters. The predicted molar refractivity (Wildman–Crippen MR) is 101 cm³/mol. The summed E-state index contributed by atoms with van der Waals surface area (Å²) in [6, 6.07) is 0. The number of piperazine rings is 1.